The summed E-state index contributed by atoms with van der Waals surface area (Å²) in [6.07, 6.45) is 40.0. The third-order valence-electron chi connectivity index (χ3n) is 12.7. The second kappa shape index (κ2) is 30.5. The van der Waals surface area contributed by atoms with Crippen LogP contribution < -0.4 is 19.9 Å². The zero-order valence-corrected chi connectivity index (χ0v) is 43.2. The Balaban J connectivity index is 0.000000372. The number of aromatic hydroxyl groups is 2. The number of para-hydroxylation sites is 2. The van der Waals surface area contributed by atoms with Gasteiger partial charge in [-0.2, -0.15) is 0 Å². The summed E-state index contributed by atoms with van der Waals surface area (Å²) in [7, 11) is 0. The molecule has 2 aliphatic rings. The number of rotatable bonds is 13. The molecule has 1 fully saturated rings. The molecular weight excluding hydrogens is 869 g/mol. The van der Waals surface area contributed by atoms with E-state index in [4.69, 9.17) is 9.47 Å². The lowest BCUT2D eigenvalue weighted by molar-refractivity contribution is 0.105. The molecule has 2 unspecified atom stereocenters. The Morgan fingerprint density at radius 3 is 1.86 bits per heavy atom. The second-order valence-electron chi connectivity index (χ2n) is 18.5. The molecule has 0 bridgehead atoms. The quantitative estimate of drug-likeness (QED) is 0.115. The molecule has 0 amide bonds. The van der Waals surface area contributed by atoms with Crippen LogP contribution in [-0.2, 0) is 6.42 Å². The van der Waals surface area contributed by atoms with Gasteiger partial charge >= 0.3 is 0 Å². The van der Waals surface area contributed by atoms with Gasteiger partial charge in [-0.3, -0.25) is 0 Å². The summed E-state index contributed by atoms with van der Waals surface area (Å²) in [6, 6.07) is 34.1. The van der Waals surface area contributed by atoms with Crippen molar-refractivity contribution in [1.29, 1.82) is 0 Å². The monoisotopic (exact) mass is 947 g/mol. The van der Waals surface area contributed by atoms with E-state index in [1.54, 1.807) is 6.07 Å². The van der Waals surface area contributed by atoms with E-state index in [9.17, 15) is 10.2 Å². The minimum atomic E-state index is 0.252. The molecule has 0 heterocycles. The van der Waals surface area contributed by atoms with Gasteiger partial charge in [0.25, 0.3) is 0 Å². The highest BCUT2D eigenvalue weighted by atomic mass is 16.5. The normalized spacial score (nSPS) is 19.7. The van der Waals surface area contributed by atoms with Gasteiger partial charge in [-0.1, -0.05) is 194 Å². The minimum Gasteiger partial charge on any atom is -0.507 e. The van der Waals surface area contributed by atoms with E-state index in [1.165, 1.54) is 29.2 Å². The zero-order chi connectivity index (χ0) is 50.6. The fraction of sp³-hybridized carbons (Fsp3) is 0.284. The van der Waals surface area contributed by atoms with Crippen LogP contribution in [-0.4, -0.2) is 23.4 Å². The zero-order valence-electron chi connectivity index (χ0n) is 43.2. The number of phenols is 2. The second-order valence-corrected chi connectivity index (χ2v) is 18.5. The summed E-state index contributed by atoms with van der Waals surface area (Å²) in [5.74, 6) is 2.78. The van der Waals surface area contributed by atoms with Gasteiger partial charge in [0.15, 0.2) is 0 Å². The van der Waals surface area contributed by atoms with E-state index in [0.29, 0.717) is 31.5 Å². The maximum Gasteiger partial charge on any atom is 0.127 e. The highest BCUT2D eigenvalue weighted by molar-refractivity contribution is 5.78. The number of aryl methyl sites for hydroxylation is 2. The van der Waals surface area contributed by atoms with Crippen molar-refractivity contribution in [2.45, 2.75) is 98.8 Å². The summed E-state index contributed by atoms with van der Waals surface area (Å²) in [6.45, 7) is 19.0. The van der Waals surface area contributed by atoms with Crippen LogP contribution in [0, 0.1) is 25.7 Å². The summed E-state index contributed by atoms with van der Waals surface area (Å²) in [4.78, 5) is 0. The molecule has 2 N–H and O–H groups in total. The maximum absolute atomic E-state index is 11.6. The molecule has 0 spiro atoms. The summed E-state index contributed by atoms with van der Waals surface area (Å²) >= 11 is 0. The smallest absolute Gasteiger partial charge is 0.127 e. The SMILES string of the molecule is C=CC/C=c1/cccc/c1=C\Cc1cc(C)cc(-c2ccccc2OCC2CCCCC2COc2ccccc2-c2cc(C)ccc2O)c1O.C=CCC.CC1=C\C/C=C\C=C/C/C(C)=C/C=C\C/C=C\1. The largest absolute Gasteiger partial charge is 0.507 e. The molecule has 4 heteroatoms. The van der Waals surface area contributed by atoms with Gasteiger partial charge in [-0.05, 0) is 143 Å². The van der Waals surface area contributed by atoms with Crippen molar-refractivity contribution in [2.24, 2.45) is 11.8 Å². The van der Waals surface area contributed by atoms with Crippen LogP contribution in [0.4, 0.5) is 0 Å². The van der Waals surface area contributed by atoms with Crippen molar-refractivity contribution < 1.29 is 19.7 Å². The molecule has 5 aromatic rings. The fourth-order valence-corrected chi connectivity index (χ4v) is 8.66. The Morgan fingerprint density at radius 1 is 0.606 bits per heavy atom. The molecule has 5 aromatic carbocycles. The van der Waals surface area contributed by atoms with Crippen molar-refractivity contribution in [1.82, 2.24) is 0 Å². The molecule has 71 heavy (non-hydrogen) atoms. The van der Waals surface area contributed by atoms with Crippen molar-refractivity contribution in [3.8, 4) is 45.3 Å². The molecule has 0 radical (unpaired) electrons. The standard InChI is InChI=1S/C46H48O4.C17H22.C4H8/c1-4-5-14-34-15-6-7-16-35(34)24-25-36-27-33(3)29-42(46(36)48)40-20-11-13-22-45(40)50-31-38-18-9-8-17-37(38)30-49-44-21-12-10-19-39(44)41-28-32(2)23-26-43(41)47;1-16-12-8-4-3-5-9-13-17(2)15-11-7-6-10-14-16;1-3-4-2/h4,6-7,10-16,19-24,26-29,37-38,47-48H,1,5,8-9,17-18,25,30-31H2,2-3H3;3-6,8,10-11,13-15H,7,9,12H2,1-2H3;3H,1,4H2,2H3/b34-14-,35-24+;5-3-,8-4-,10-6-,15-11-,16-14+,17-13+;. The molecule has 0 saturated heterocycles. The summed E-state index contributed by atoms with van der Waals surface area (Å²) in [5, 5.41) is 24.6. The fourth-order valence-electron chi connectivity index (χ4n) is 8.66. The molecule has 0 aromatic heterocycles. The number of ether oxygens (including phenoxy) is 2. The molecule has 2 atom stereocenters. The lowest BCUT2D eigenvalue weighted by Gasteiger charge is -2.32. The number of hydrogen-bond donors (Lipinski definition) is 2. The predicted octanol–water partition coefficient (Wildman–Crippen LogP) is 16.6. The first-order chi connectivity index (χ1) is 34.6. The van der Waals surface area contributed by atoms with Crippen LogP contribution in [0.5, 0.6) is 23.0 Å². The van der Waals surface area contributed by atoms with Crippen LogP contribution in [0.3, 0.4) is 0 Å². The van der Waals surface area contributed by atoms with Crippen molar-refractivity contribution >= 4 is 12.2 Å². The van der Waals surface area contributed by atoms with Gasteiger partial charge in [0.1, 0.15) is 23.0 Å². The van der Waals surface area contributed by atoms with Crippen molar-refractivity contribution in [3.63, 3.8) is 0 Å². The molecule has 1 saturated carbocycles. The lowest BCUT2D eigenvalue weighted by atomic mass is 9.80. The first-order valence-electron chi connectivity index (χ1n) is 25.6. The van der Waals surface area contributed by atoms with Gasteiger partial charge in [-0.25, -0.2) is 0 Å². The number of hydrogen-bond acceptors (Lipinski definition) is 4. The van der Waals surface area contributed by atoms with Gasteiger partial charge < -0.3 is 19.7 Å². The Hall–Kier alpha value is -7.04. The van der Waals surface area contributed by atoms with E-state index in [1.807, 2.05) is 97.9 Å². The van der Waals surface area contributed by atoms with Gasteiger partial charge in [0, 0.05) is 22.3 Å². The first kappa shape index (κ1) is 54.9. The van der Waals surface area contributed by atoms with Crippen LogP contribution in [0.1, 0.15) is 95.2 Å². The highest BCUT2D eigenvalue weighted by Crippen LogP contribution is 2.41. The summed E-state index contributed by atoms with van der Waals surface area (Å²) < 4.78 is 13.1. The van der Waals surface area contributed by atoms with Crippen LogP contribution in [0.15, 0.2) is 200 Å². The molecule has 0 aliphatic heterocycles. The topological polar surface area (TPSA) is 58.9 Å². The third kappa shape index (κ3) is 18.3. The Labute approximate surface area is 426 Å². The summed E-state index contributed by atoms with van der Waals surface area (Å²) in [5.41, 5.74) is 9.14. The van der Waals surface area contributed by atoms with Gasteiger partial charge in [0.05, 0.1) is 13.2 Å². The number of allylic oxidation sites excluding steroid dienone is 14. The highest BCUT2D eigenvalue weighted by Gasteiger charge is 2.27. The molecule has 2 aliphatic carbocycles. The predicted molar refractivity (Wildman–Crippen MR) is 305 cm³/mol. The third-order valence-corrected chi connectivity index (χ3v) is 12.7. The minimum absolute atomic E-state index is 0.252. The number of benzene rings is 5. The van der Waals surface area contributed by atoms with Gasteiger partial charge in [-0.15, -0.1) is 13.2 Å². The van der Waals surface area contributed by atoms with Crippen LogP contribution in [0.25, 0.3) is 34.4 Å². The average molecular weight is 947 g/mol. The maximum atomic E-state index is 11.6. The van der Waals surface area contributed by atoms with E-state index in [0.717, 1.165) is 101 Å². The first-order valence-corrected chi connectivity index (χ1v) is 25.6. The molecular formula is C67H78O4. The van der Waals surface area contributed by atoms with E-state index in [2.05, 4.69) is 132 Å². The molecule has 370 valence electrons. The van der Waals surface area contributed by atoms with Gasteiger partial charge in [0.2, 0.25) is 0 Å². The van der Waals surface area contributed by atoms with E-state index in [-0.39, 0.29) is 11.5 Å². The van der Waals surface area contributed by atoms with Crippen molar-refractivity contribution in [2.75, 3.05) is 13.2 Å². The van der Waals surface area contributed by atoms with Crippen LogP contribution in [0.2, 0.25) is 0 Å². The van der Waals surface area contributed by atoms with Crippen molar-refractivity contribution in [3.05, 3.63) is 227 Å². The molecule has 7 rings (SSSR count). The Kier molecular flexibility index (Phi) is 23.6. The Bertz CT molecular complexity index is 2790. The Morgan fingerprint density at radius 2 is 1.20 bits per heavy atom. The average Bonchev–Trinajstić information content (AvgIpc) is 3.39. The number of phenolic OH excluding ortho intramolecular Hbond substituents is 2. The lowest BCUT2D eigenvalue weighted by Crippen LogP contribution is -2.30. The molecule has 4 nitrogen and oxygen atoms in total. The van der Waals surface area contributed by atoms with Crippen LogP contribution >= 0.6 is 0 Å². The van der Waals surface area contributed by atoms with E-state index < -0.39 is 0 Å². The van der Waals surface area contributed by atoms with E-state index >= 15 is 0 Å².